The van der Waals surface area contributed by atoms with E-state index in [4.69, 9.17) is 20.7 Å². The molecule has 216 valence electrons. The standard InChI is InChI=1S/C25H30N4O9S2/c1-38-25(37)14-6-8-15(9-7-14)28-22(33)16-4-2-3-5-19(16)40-39-13-18(23(34)27-12-21(31)32)29-20(30)11-10-17(26)24(35)36/h2-9,17-18,25,37H,10-13,26H2,1H3,(H,27,34)(H,28,33)(H,29,30)(H,31,32)(H,35,36)/t17-,18-,25?/m0/s1. The fourth-order valence-electron chi connectivity index (χ4n) is 3.10. The average molecular weight is 595 g/mol. The summed E-state index contributed by atoms with van der Waals surface area (Å²) in [5.74, 6) is -4.28. The number of aliphatic carboxylic acids is 2. The van der Waals surface area contributed by atoms with E-state index < -0.39 is 54.6 Å². The summed E-state index contributed by atoms with van der Waals surface area (Å²) < 4.78 is 4.85. The molecule has 0 aliphatic heterocycles. The van der Waals surface area contributed by atoms with E-state index in [1.54, 1.807) is 48.5 Å². The van der Waals surface area contributed by atoms with Gasteiger partial charge in [0.15, 0.2) is 6.29 Å². The van der Waals surface area contributed by atoms with Crippen molar-refractivity contribution in [2.45, 2.75) is 36.1 Å². The monoisotopic (exact) mass is 594 g/mol. The maximum atomic E-state index is 12.9. The lowest BCUT2D eigenvalue weighted by molar-refractivity contribution is -0.139. The maximum Gasteiger partial charge on any atom is 0.322 e. The second kappa shape index (κ2) is 16.5. The van der Waals surface area contributed by atoms with Crippen molar-refractivity contribution in [2.24, 2.45) is 5.73 Å². The molecule has 2 rings (SSSR count). The quantitative estimate of drug-likeness (QED) is 0.108. The number of ether oxygens (including phenoxy) is 1. The third-order valence-electron chi connectivity index (χ3n) is 5.26. The lowest BCUT2D eigenvalue weighted by atomic mass is 10.1. The zero-order chi connectivity index (χ0) is 29.7. The van der Waals surface area contributed by atoms with Crippen LogP contribution in [-0.2, 0) is 23.9 Å². The third-order valence-corrected chi connectivity index (χ3v) is 7.68. The minimum Gasteiger partial charge on any atom is -0.480 e. The zero-order valence-electron chi connectivity index (χ0n) is 21.4. The molecule has 1 unspecified atom stereocenters. The predicted octanol–water partition coefficient (Wildman–Crippen LogP) is 1.19. The SMILES string of the molecule is COC(O)c1ccc(NC(=O)c2ccccc2SSC[C@H](NC(=O)CC[C@H](N)C(=O)O)C(=O)NCC(=O)O)cc1. The van der Waals surface area contributed by atoms with Crippen molar-refractivity contribution in [3.8, 4) is 0 Å². The minimum absolute atomic E-state index is 0.00604. The number of amides is 3. The number of benzene rings is 2. The first-order valence-electron chi connectivity index (χ1n) is 11.8. The lowest BCUT2D eigenvalue weighted by Crippen LogP contribution is -2.49. The van der Waals surface area contributed by atoms with Gasteiger partial charge in [-0.25, -0.2) is 0 Å². The molecule has 0 saturated heterocycles. The Balaban J connectivity index is 2.04. The Morgan fingerprint density at radius 2 is 1.70 bits per heavy atom. The molecule has 0 spiro atoms. The number of anilines is 1. The van der Waals surface area contributed by atoms with Crippen molar-refractivity contribution in [1.82, 2.24) is 10.6 Å². The van der Waals surface area contributed by atoms with Gasteiger partial charge in [0.2, 0.25) is 11.8 Å². The first-order valence-corrected chi connectivity index (χ1v) is 14.1. The molecule has 0 saturated carbocycles. The summed E-state index contributed by atoms with van der Waals surface area (Å²) in [5, 5.41) is 34.9. The fraction of sp³-hybridized carbons (Fsp3) is 0.320. The molecule has 0 fully saturated rings. The number of carboxylic acid groups (broad SMARTS) is 2. The van der Waals surface area contributed by atoms with Gasteiger partial charge < -0.3 is 41.7 Å². The van der Waals surface area contributed by atoms with Gasteiger partial charge in [0.05, 0.1) is 5.56 Å². The van der Waals surface area contributed by atoms with Gasteiger partial charge >= 0.3 is 11.9 Å². The first kappa shape index (κ1) is 32.6. The van der Waals surface area contributed by atoms with Crippen LogP contribution in [0.3, 0.4) is 0 Å². The summed E-state index contributed by atoms with van der Waals surface area (Å²) >= 11 is 0. The summed E-state index contributed by atoms with van der Waals surface area (Å²) in [6, 6.07) is 10.8. The number of rotatable bonds is 16. The van der Waals surface area contributed by atoms with Gasteiger partial charge in [-0.15, -0.1) is 0 Å². The van der Waals surface area contributed by atoms with Gasteiger partial charge in [-0.05, 0) is 30.7 Å². The molecular weight excluding hydrogens is 564 g/mol. The largest absolute Gasteiger partial charge is 0.480 e. The van der Waals surface area contributed by atoms with Gasteiger partial charge in [0.1, 0.15) is 18.6 Å². The van der Waals surface area contributed by atoms with Gasteiger partial charge in [-0.2, -0.15) is 0 Å². The van der Waals surface area contributed by atoms with Crippen molar-refractivity contribution in [3.05, 3.63) is 59.7 Å². The van der Waals surface area contributed by atoms with Gasteiger partial charge in [0, 0.05) is 35.4 Å². The molecule has 0 radical (unpaired) electrons. The van der Waals surface area contributed by atoms with Crippen LogP contribution in [0.15, 0.2) is 53.4 Å². The van der Waals surface area contributed by atoms with Crippen molar-refractivity contribution in [3.63, 3.8) is 0 Å². The van der Waals surface area contributed by atoms with Crippen LogP contribution in [0.1, 0.15) is 35.1 Å². The van der Waals surface area contributed by atoms with Gasteiger partial charge in [-0.3, -0.25) is 24.0 Å². The van der Waals surface area contributed by atoms with Crippen molar-refractivity contribution >= 4 is 56.9 Å². The number of hydrogen-bond donors (Lipinski definition) is 7. The summed E-state index contributed by atoms with van der Waals surface area (Å²) in [7, 11) is 3.69. The number of hydrogen-bond acceptors (Lipinski definition) is 10. The van der Waals surface area contributed by atoms with E-state index in [9.17, 15) is 29.1 Å². The summed E-state index contributed by atoms with van der Waals surface area (Å²) in [5.41, 5.74) is 6.77. The van der Waals surface area contributed by atoms with Crippen LogP contribution >= 0.6 is 21.6 Å². The Kier molecular flexibility index (Phi) is 13.4. The third kappa shape index (κ3) is 10.9. The molecule has 13 nitrogen and oxygen atoms in total. The molecule has 2 aromatic carbocycles. The number of carboxylic acids is 2. The normalized spacial score (nSPS) is 13.0. The second-order valence-electron chi connectivity index (χ2n) is 8.24. The number of aliphatic hydroxyl groups excluding tert-OH is 1. The van der Waals surface area contributed by atoms with Crippen molar-refractivity contribution in [1.29, 1.82) is 0 Å². The number of nitrogens with one attached hydrogen (secondary N) is 3. The molecule has 40 heavy (non-hydrogen) atoms. The molecule has 8 N–H and O–H groups in total. The van der Waals surface area contributed by atoms with Crippen LogP contribution in [0, 0.1) is 0 Å². The van der Waals surface area contributed by atoms with E-state index >= 15 is 0 Å². The molecule has 15 heteroatoms. The van der Waals surface area contributed by atoms with E-state index in [-0.39, 0.29) is 18.6 Å². The topological polar surface area (TPSA) is 217 Å². The molecule has 2 aromatic rings. The molecule has 0 aromatic heterocycles. The molecule has 0 heterocycles. The lowest BCUT2D eigenvalue weighted by Gasteiger charge is -2.18. The van der Waals surface area contributed by atoms with E-state index in [1.807, 2.05) is 0 Å². The number of methoxy groups -OCH3 is 1. The Labute approximate surface area is 237 Å². The predicted molar refractivity (Wildman–Crippen MR) is 149 cm³/mol. The van der Waals surface area contributed by atoms with E-state index in [0.29, 0.717) is 21.7 Å². The summed E-state index contributed by atoms with van der Waals surface area (Å²) in [6.07, 6.45) is -1.48. The number of aliphatic hydroxyl groups is 1. The highest BCUT2D eigenvalue weighted by Crippen LogP contribution is 2.34. The zero-order valence-corrected chi connectivity index (χ0v) is 23.0. The first-order chi connectivity index (χ1) is 19.0. The highest BCUT2D eigenvalue weighted by atomic mass is 33.1. The highest BCUT2D eigenvalue weighted by Gasteiger charge is 2.23. The van der Waals surface area contributed by atoms with E-state index in [1.165, 1.54) is 17.9 Å². The average Bonchev–Trinajstić information content (AvgIpc) is 2.94. The molecular formula is C25H30N4O9S2. The smallest absolute Gasteiger partial charge is 0.322 e. The molecule has 0 aliphatic rings. The van der Waals surface area contributed by atoms with Crippen LogP contribution in [0.5, 0.6) is 0 Å². The van der Waals surface area contributed by atoms with Gasteiger partial charge in [0.25, 0.3) is 5.91 Å². The number of carbonyl (C=O) groups is 5. The Bertz CT molecular complexity index is 1200. The van der Waals surface area contributed by atoms with Gasteiger partial charge in [-0.1, -0.05) is 45.9 Å². The Hall–Kier alpha value is -3.63. The van der Waals surface area contributed by atoms with Crippen LogP contribution < -0.4 is 21.7 Å². The summed E-state index contributed by atoms with van der Waals surface area (Å²) in [6.45, 7) is -0.651. The molecule has 3 atom stereocenters. The Morgan fingerprint density at radius 3 is 2.33 bits per heavy atom. The molecule has 0 aliphatic carbocycles. The highest BCUT2D eigenvalue weighted by molar-refractivity contribution is 8.76. The molecule has 3 amide bonds. The van der Waals surface area contributed by atoms with Crippen LogP contribution in [0.25, 0.3) is 0 Å². The fourth-order valence-corrected chi connectivity index (χ4v) is 5.48. The van der Waals surface area contributed by atoms with Crippen LogP contribution in [0.2, 0.25) is 0 Å². The number of carbonyl (C=O) groups excluding carboxylic acids is 3. The second-order valence-corrected chi connectivity index (χ2v) is 10.6. The van der Waals surface area contributed by atoms with E-state index in [2.05, 4.69) is 16.0 Å². The van der Waals surface area contributed by atoms with Crippen LogP contribution in [-0.4, -0.2) is 76.5 Å². The van der Waals surface area contributed by atoms with E-state index in [0.717, 1.165) is 10.8 Å². The van der Waals surface area contributed by atoms with Crippen LogP contribution in [0.4, 0.5) is 5.69 Å². The number of nitrogens with two attached hydrogens (primary N) is 1. The van der Waals surface area contributed by atoms with Crippen molar-refractivity contribution < 1.29 is 44.0 Å². The molecule has 0 bridgehead atoms. The minimum atomic E-state index is -1.27. The Morgan fingerprint density at radius 1 is 1.02 bits per heavy atom. The summed E-state index contributed by atoms with van der Waals surface area (Å²) in [4.78, 5) is 60.1. The maximum absolute atomic E-state index is 12.9. The van der Waals surface area contributed by atoms with Crippen molar-refractivity contribution in [2.75, 3.05) is 24.7 Å².